The number of aliphatic imine (C=N–C) groups is 1. The maximum Gasteiger partial charge on any atom is 0.251 e. The summed E-state index contributed by atoms with van der Waals surface area (Å²) in [4.78, 5) is 16.6. The van der Waals surface area contributed by atoms with Gasteiger partial charge in [0.05, 0.1) is 17.5 Å². The fourth-order valence-corrected chi connectivity index (χ4v) is 6.47. The van der Waals surface area contributed by atoms with E-state index in [0.717, 1.165) is 12.1 Å². The zero-order chi connectivity index (χ0) is 17.9. The summed E-state index contributed by atoms with van der Waals surface area (Å²) in [6.45, 7) is 1.17. The Kier molecular flexibility index (Phi) is 5.65. The Bertz CT molecular complexity index is 779. The van der Waals surface area contributed by atoms with Gasteiger partial charge in [-0.1, -0.05) is 17.8 Å². The number of benzene rings is 1. The summed E-state index contributed by atoms with van der Waals surface area (Å²) in [5.74, 6) is 0.171. The zero-order valence-electron chi connectivity index (χ0n) is 13.9. The lowest BCUT2D eigenvalue weighted by atomic mass is 10.2. The first-order valence-electron chi connectivity index (χ1n) is 8.06. The molecule has 1 amide bonds. The van der Waals surface area contributed by atoms with Crippen LogP contribution in [0.1, 0.15) is 16.8 Å². The molecule has 0 bridgehead atoms. The third kappa shape index (κ3) is 4.74. The normalized spacial score (nSPS) is 23.8. The minimum Gasteiger partial charge on any atom is -0.385 e. The molecule has 0 unspecified atom stereocenters. The van der Waals surface area contributed by atoms with E-state index < -0.39 is 9.84 Å². The molecule has 1 saturated heterocycles. The van der Waals surface area contributed by atoms with Crippen LogP contribution in [0.5, 0.6) is 0 Å². The number of carbonyl (C=O) groups is 1. The summed E-state index contributed by atoms with van der Waals surface area (Å²) < 4.78 is 28.2. The summed E-state index contributed by atoms with van der Waals surface area (Å²) in [6.07, 6.45) is 0.763. The number of rotatable bonds is 6. The van der Waals surface area contributed by atoms with Crippen molar-refractivity contribution < 1.29 is 17.9 Å². The zero-order valence-corrected chi connectivity index (χ0v) is 15.5. The van der Waals surface area contributed by atoms with Crippen LogP contribution >= 0.6 is 11.8 Å². The van der Waals surface area contributed by atoms with E-state index in [4.69, 9.17) is 4.74 Å². The molecule has 0 radical (unpaired) electrons. The van der Waals surface area contributed by atoms with Gasteiger partial charge in [-0.05, 0) is 24.6 Å². The molecule has 2 N–H and O–H groups in total. The highest BCUT2D eigenvalue weighted by Crippen LogP contribution is 2.34. The first-order valence-corrected chi connectivity index (χ1v) is 10.8. The third-order valence-electron chi connectivity index (χ3n) is 4.00. The van der Waals surface area contributed by atoms with Crippen LogP contribution in [-0.4, -0.2) is 62.6 Å². The van der Waals surface area contributed by atoms with E-state index in [1.165, 1.54) is 11.8 Å². The van der Waals surface area contributed by atoms with Gasteiger partial charge in [-0.2, -0.15) is 0 Å². The summed E-state index contributed by atoms with van der Waals surface area (Å²) in [5, 5.41) is 6.74. The predicted molar refractivity (Wildman–Crippen MR) is 100 cm³/mol. The Morgan fingerprint density at radius 3 is 3.00 bits per heavy atom. The molecule has 0 saturated carbocycles. The molecule has 9 heteroatoms. The van der Waals surface area contributed by atoms with Crippen molar-refractivity contribution >= 4 is 38.4 Å². The Hall–Kier alpha value is -1.58. The largest absolute Gasteiger partial charge is 0.385 e. The van der Waals surface area contributed by atoms with Crippen LogP contribution in [0.2, 0.25) is 0 Å². The van der Waals surface area contributed by atoms with Gasteiger partial charge in [-0.25, -0.2) is 8.42 Å². The monoisotopic (exact) mass is 383 g/mol. The molecule has 7 nitrogen and oxygen atoms in total. The summed E-state index contributed by atoms with van der Waals surface area (Å²) in [7, 11) is -1.32. The summed E-state index contributed by atoms with van der Waals surface area (Å²) >= 11 is 1.46. The number of hydrogen-bond donors (Lipinski definition) is 2. The second-order valence-electron chi connectivity index (χ2n) is 6.04. The van der Waals surface area contributed by atoms with Crippen LogP contribution < -0.4 is 10.6 Å². The fourth-order valence-electron chi connectivity index (χ4n) is 2.80. The highest BCUT2D eigenvalue weighted by molar-refractivity contribution is 8.15. The van der Waals surface area contributed by atoms with E-state index in [9.17, 15) is 13.2 Å². The van der Waals surface area contributed by atoms with Crippen molar-refractivity contribution in [1.29, 1.82) is 0 Å². The average molecular weight is 383 g/mol. The molecule has 3 rings (SSSR count). The topological polar surface area (TPSA) is 96.9 Å². The number of methoxy groups -OCH3 is 1. The van der Waals surface area contributed by atoms with Gasteiger partial charge in [0.15, 0.2) is 15.0 Å². The molecular weight excluding hydrogens is 362 g/mol. The lowest BCUT2D eigenvalue weighted by Gasteiger charge is -2.09. The van der Waals surface area contributed by atoms with E-state index in [0.29, 0.717) is 23.9 Å². The van der Waals surface area contributed by atoms with Gasteiger partial charge in [-0.3, -0.25) is 9.79 Å². The predicted octanol–water partition coefficient (Wildman–Crippen LogP) is 1.13. The smallest absolute Gasteiger partial charge is 0.251 e. The maximum absolute atomic E-state index is 12.1. The number of thioether (sulfide) groups is 1. The van der Waals surface area contributed by atoms with E-state index in [-0.39, 0.29) is 28.7 Å². The van der Waals surface area contributed by atoms with Crippen molar-refractivity contribution in [3.8, 4) is 0 Å². The molecule has 2 heterocycles. The van der Waals surface area contributed by atoms with Crippen LogP contribution in [0.25, 0.3) is 0 Å². The maximum atomic E-state index is 12.1. The SMILES string of the molecule is COCCCNC(=O)c1cccc(NC2=N[C@@H]3CS(=O)(=O)C[C@@H]3S2)c1. The molecule has 0 aliphatic carbocycles. The van der Waals surface area contributed by atoms with Crippen LogP contribution in [0, 0.1) is 0 Å². The molecule has 2 aliphatic rings. The average Bonchev–Trinajstić information content (AvgIpc) is 3.04. The van der Waals surface area contributed by atoms with E-state index >= 15 is 0 Å². The number of amidine groups is 1. The van der Waals surface area contributed by atoms with Crippen molar-refractivity contribution in [2.45, 2.75) is 17.7 Å². The van der Waals surface area contributed by atoms with Crippen LogP contribution in [-0.2, 0) is 14.6 Å². The molecule has 2 aliphatic heterocycles. The molecule has 1 aromatic rings. The van der Waals surface area contributed by atoms with E-state index in [1.54, 1.807) is 25.3 Å². The van der Waals surface area contributed by atoms with Crippen molar-refractivity contribution in [3.05, 3.63) is 29.8 Å². The van der Waals surface area contributed by atoms with Gasteiger partial charge in [-0.15, -0.1) is 0 Å². The molecular formula is C16H21N3O4S2. The second-order valence-corrected chi connectivity index (χ2v) is 9.42. The Labute approximate surface area is 151 Å². The van der Waals surface area contributed by atoms with Gasteiger partial charge < -0.3 is 15.4 Å². The second kappa shape index (κ2) is 7.76. The van der Waals surface area contributed by atoms with Crippen LogP contribution in [0.3, 0.4) is 0 Å². The van der Waals surface area contributed by atoms with Gasteiger partial charge in [0.2, 0.25) is 0 Å². The van der Waals surface area contributed by atoms with Gasteiger partial charge in [0.25, 0.3) is 5.91 Å². The number of nitrogens with zero attached hydrogens (tertiary/aromatic N) is 1. The number of nitrogens with one attached hydrogen (secondary N) is 2. The first kappa shape index (κ1) is 18.2. The number of ether oxygens (including phenoxy) is 1. The van der Waals surface area contributed by atoms with Crippen molar-refractivity contribution in [1.82, 2.24) is 5.32 Å². The molecule has 0 aromatic heterocycles. The number of fused-ring (bicyclic) bond motifs is 1. The number of amides is 1. The Balaban J connectivity index is 1.58. The van der Waals surface area contributed by atoms with Gasteiger partial charge in [0, 0.05) is 36.8 Å². The summed E-state index contributed by atoms with van der Waals surface area (Å²) in [6, 6.07) is 7.01. The minimum atomic E-state index is -2.95. The number of hydrogen-bond acceptors (Lipinski definition) is 7. The van der Waals surface area contributed by atoms with E-state index in [1.807, 2.05) is 6.07 Å². The Morgan fingerprint density at radius 1 is 1.40 bits per heavy atom. The van der Waals surface area contributed by atoms with Crippen molar-refractivity contribution in [2.24, 2.45) is 4.99 Å². The molecule has 0 spiro atoms. The molecule has 136 valence electrons. The Morgan fingerprint density at radius 2 is 2.24 bits per heavy atom. The molecule has 1 aromatic carbocycles. The van der Waals surface area contributed by atoms with Gasteiger partial charge in [0.1, 0.15) is 0 Å². The standard InChI is InChI=1S/C16H21N3O4S2/c1-23-7-3-6-17-15(20)11-4-2-5-12(8-11)18-16-19-13-9-25(21,22)10-14(13)24-16/h2,4-5,8,13-14H,3,6-7,9-10H2,1H3,(H,17,20)(H,18,19)/t13-,14+/m1/s1. The molecule has 1 fully saturated rings. The van der Waals surface area contributed by atoms with Crippen LogP contribution in [0.15, 0.2) is 29.3 Å². The third-order valence-corrected chi connectivity index (χ3v) is 7.15. The van der Waals surface area contributed by atoms with Crippen molar-refractivity contribution in [2.75, 3.05) is 37.1 Å². The quantitative estimate of drug-likeness (QED) is 0.715. The highest BCUT2D eigenvalue weighted by Gasteiger charge is 2.42. The minimum absolute atomic E-state index is 0.000217. The van der Waals surface area contributed by atoms with E-state index in [2.05, 4.69) is 15.6 Å². The number of sulfone groups is 1. The van der Waals surface area contributed by atoms with Crippen molar-refractivity contribution in [3.63, 3.8) is 0 Å². The number of carbonyl (C=O) groups excluding carboxylic acids is 1. The van der Waals surface area contributed by atoms with Crippen LogP contribution in [0.4, 0.5) is 5.69 Å². The molecule has 25 heavy (non-hydrogen) atoms. The highest BCUT2D eigenvalue weighted by atomic mass is 32.2. The summed E-state index contributed by atoms with van der Waals surface area (Å²) in [5.41, 5.74) is 1.33. The molecule has 2 atom stereocenters. The van der Waals surface area contributed by atoms with Gasteiger partial charge >= 0.3 is 0 Å². The first-order chi connectivity index (χ1) is 12.0. The number of anilines is 1. The lowest BCUT2D eigenvalue weighted by Crippen LogP contribution is -2.25. The lowest BCUT2D eigenvalue weighted by molar-refractivity contribution is 0.0948. The fraction of sp³-hybridized carbons (Fsp3) is 0.500.